The van der Waals surface area contributed by atoms with Gasteiger partial charge in [0.25, 0.3) is 0 Å². The summed E-state index contributed by atoms with van der Waals surface area (Å²) in [5.41, 5.74) is 2.74. The van der Waals surface area contributed by atoms with Crippen molar-refractivity contribution in [1.82, 2.24) is 10.2 Å². The van der Waals surface area contributed by atoms with E-state index in [1.165, 1.54) is 0 Å². The molecule has 36 heavy (non-hydrogen) atoms. The van der Waals surface area contributed by atoms with Gasteiger partial charge in [-0.3, -0.25) is 19.3 Å². The van der Waals surface area contributed by atoms with E-state index in [4.69, 9.17) is 11.6 Å². The minimum atomic E-state index is -0.251. The first kappa shape index (κ1) is 25.1. The van der Waals surface area contributed by atoms with Gasteiger partial charge in [-0.1, -0.05) is 23.8 Å². The number of fused-ring (bicyclic) bond motifs is 1. The Bertz CT molecular complexity index is 1130. The van der Waals surface area contributed by atoms with Gasteiger partial charge in [-0.05, 0) is 67.9 Å². The Hall–Kier alpha value is -2.55. The van der Waals surface area contributed by atoms with Gasteiger partial charge in [0.1, 0.15) is 5.25 Å². The van der Waals surface area contributed by atoms with Crippen LogP contribution < -0.4 is 15.1 Å². The minimum Gasteiger partial charge on any atom is -0.355 e. The summed E-state index contributed by atoms with van der Waals surface area (Å²) in [4.78, 5) is 43.7. The molecule has 5 rings (SSSR count). The first-order valence-corrected chi connectivity index (χ1v) is 13.8. The van der Waals surface area contributed by atoms with Crippen LogP contribution in [0.15, 0.2) is 59.2 Å². The number of nitrogens with zero attached hydrogens (tertiary/aromatic N) is 3. The second kappa shape index (κ2) is 10.8. The van der Waals surface area contributed by atoms with Crippen molar-refractivity contribution in [3.8, 4) is 0 Å². The van der Waals surface area contributed by atoms with Crippen molar-refractivity contribution in [3.05, 3.63) is 59.2 Å². The van der Waals surface area contributed by atoms with Crippen molar-refractivity contribution in [2.75, 3.05) is 49.6 Å². The highest BCUT2D eigenvalue weighted by Crippen LogP contribution is 2.38. The van der Waals surface area contributed by atoms with Crippen molar-refractivity contribution in [1.29, 1.82) is 0 Å². The van der Waals surface area contributed by atoms with E-state index in [9.17, 15) is 14.4 Å². The number of carbonyl (C=O) groups is 3. The number of likely N-dealkylation sites (N-methyl/N-ethyl adjacent to an activating group) is 1. The van der Waals surface area contributed by atoms with Crippen LogP contribution in [0.3, 0.4) is 0 Å². The molecule has 3 unspecified atom stereocenters. The van der Waals surface area contributed by atoms with Gasteiger partial charge in [0.2, 0.25) is 17.7 Å². The van der Waals surface area contributed by atoms with E-state index in [2.05, 4.69) is 10.2 Å². The van der Waals surface area contributed by atoms with Crippen molar-refractivity contribution in [2.45, 2.75) is 29.8 Å². The second-order valence-corrected chi connectivity index (χ2v) is 11.5. The van der Waals surface area contributed by atoms with Crippen LogP contribution in [0.1, 0.15) is 19.3 Å². The van der Waals surface area contributed by atoms with Gasteiger partial charge in [-0.2, -0.15) is 0 Å². The molecule has 1 N–H and O–H groups in total. The van der Waals surface area contributed by atoms with E-state index in [1.807, 2.05) is 48.6 Å². The summed E-state index contributed by atoms with van der Waals surface area (Å²) in [6.45, 7) is 3.43. The predicted octanol–water partition coefficient (Wildman–Crippen LogP) is 3.32. The smallest absolute Gasteiger partial charge is 0.240 e. The van der Waals surface area contributed by atoms with E-state index < -0.39 is 0 Å². The molecular weight excluding hydrogens is 496 g/mol. The van der Waals surface area contributed by atoms with E-state index in [-0.39, 0.29) is 34.1 Å². The molecule has 190 valence electrons. The highest BCUT2D eigenvalue weighted by molar-refractivity contribution is 8.02. The highest BCUT2D eigenvalue weighted by atomic mass is 35.5. The molecule has 3 aliphatic heterocycles. The van der Waals surface area contributed by atoms with Gasteiger partial charge in [0.05, 0.1) is 11.8 Å². The number of benzene rings is 1. The molecule has 7 nitrogen and oxygen atoms in total. The van der Waals surface area contributed by atoms with Crippen LogP contribution >= 0.6 is 23.4 Å². The monoisotopic (exact) mass is 526 g/mol. The molecule has 3 amide bonds. The first-order chi connectivity index (χ1) is 17.4. The maximum absolute atomic E-state index is 12.7. The zero-order valence-electron chi connectivity index (χ0n) is 20.4. The average Bonchev–Trinajstić information content (AvgIpc) is 3.62. The maximum atomic E-state index is 12.7. The standard InChI is InChI=1S/C27H31ClN4O3S/c1-30(26(34)17-31-10-2-3-11-31)21-6-8-22(9-7-21)32-16-18(12-25(32)33)15-29-27(35)24-13-19-4-5-20(28)14-23(19)36-24/h4-9,13-14,18,23-24H,2-3,10-12,15-17H2,1H3,(H,29,35). The number of hydrogen-bond donors (Lipinski definition) is 1. The number of likely N-dealkylation sites (tertiary alicyclic amines) is 1. The van der Waals surface area contributed by atoms with Crippen LogP contribution in [0.5, 0.6) is 0 Å². The molecule has 0 radical (unpaired) electrons. The van der Waals surface area contributed by atoms with Crippen molar-refractivity contribution in [3.63, 3.8) is 0 Å². The molecule has 2 saturated heterocycles. The molecular formula is C27H31ClN4O3S. The number of thioether (sulfide) groups is 1. The SMILES string of the molecule is CN(C(=O)CN1CCCC1)c1ccc(N2CC(CNC(=O)C3C=C4C=CC(Cl)=CC4S3)CC2=O)cc1. The summed E-state index contributed by atoms with van der Waals surface area (Å²) < 4.78 is 0. The molecule has 3 atom stereocenters. The Morgan fingerprint density at radius 1 is 1.14 bits per heavy atom. The molecule has 3 heterocycles. The predicted molar refractivity (Wildman–Crippen MR) is 145 cm³/mol. The second-order valence-electron chi connectivity index (χ2n) is 9.80. The zero-order valence-corrected chi connectivity index (χ0v) is 21.9. The number of amides is 3. The van der Waals surface area contributed by atoms with Crippen molar-refractivity contribution < 1.29 is 14.4 Å². The fourth-order valence-electron chi connectivity index (χ4n) is 5.10. The summed E-state index contributed by atoms with van der Waals surface area (Å²) >= 11 is 7.66. The minimum absolute atomic E-state index is 0.0308. The number of rotatable bonds is 7. The topological polar surface area (TPSA) is 73.0 Å². The van der Waals surface area contributed by atoms with Crippen LogP contribution in [-0.4, -0.2) is 72.9 Å². The normalized spacial score (nSPS) is 25.6. The van der Waals surface area contributed by atoms with Gasteiger partial charge >= 0.3 is 0 Å². The molecule has 0 saturated carbocycles. The lowest BCUT2D eigenvalue weighted by Gasteiger charge is -2.23. The van der Waals surface area contributed by atoms with Crippen molar-refractivity contribution in [2.24, 2.45) is 5.92 Å². The van der Waals surface area contributed by atoms with Gasteiger partial charge in [0.15, 0.2) is 0 Å². The fourth-order valence-corrected chi connectivity index (χ4v) is 6.66. The van der Waals surface area contributed by atoms with E-state index in [1.54, 1.807) is 28.6 Å². The number of anilines is 2. The van der Waals surface area contributed by atoms with Gasteiger partial charge in [-0.15, -0.1) is 11.8 Å². The Morgan fingerprint density at radius 2 is 1.89 bits per heavy atom. The van der Waals surface area contributed by atoms with Crippen LogP contribution in [0.2, 0.25) is 0 Å². The van der Waals surface area contributed by atoms with Crippen LogP contribution in [0, 0.1) is 5.92 Å². The molecule has 0 bridgehead atoms. The lowest BCUT2D eigenvalue weighted by molar-refractivity contribution is -0.120. The molecule has 9 heteroatoms. The number of nitrogens with one attached hydrogen (secondary N) is 1. The molecule has 1 aromatic carbocycles. The lowest BCUT2D eigenvalue weighted by atomic mass is 10.1. The van der Waals surface area contributed by atoms with Crippen LogP contribution in [0.4, 0.5) is 11.4 Å². The number of carbonyl (C=O) groups excluding carboxylic acids is 3. The fraction of sp³-hybridized carbons (Fsp3) is 0.444. The summed E-state index contributed by atoms with van der Waals surface area (Å²) in [5.74, 6) is 0.148. The quantitative estimate of drug-likeness (QED) is 0.590. The Labute approximate surface area is 221 Å². The molecule has 1 aromatic rings. The Balaban J connectivity index is 1.12. The summed E-state index contributed by atoms with van der Waals surface area (Å²) in [6, 6.07) is 7.56. The van der Waals surface area contributed by atoms with Crippen molar-refractivity contribution >= 4 is 52.5 Å². The number of hydrogen-bond acceptors (Lipinski definition) is 5. The van der Waals surface area contributed by atoms with E-state index in [0.717, 1.165) is 42.9 Å². The third-order valence-corrected chi connectivity index (χ3v) is 8.82. The lowest BCUT2D eigenvalue weighted by Crippen LogP contribution is -2.37. The molecule has 2 fully saturated rings. The maximum Gasteiger partial charge on any atom is 0.240 e. The number of halogens is 1. The molecule has 0 spiro atoms. The first-order valence-electron chi connectivity index (χ1n) is 12.5. The Kier molecular flexibility index (Phi) is 7.55. The zero-order chi connectivity index (χ0) is 25.2. The summed E-state index contributed by atoms with van der Waals surface area (Å²) in [7, 11) is 1.79. The van der Waals surface area contributed by atoms with E-state index in [0.29, 0.717) is 31.1 Å². The van der Waals surface area contributed by atoms with Crippen LogP contribution in [0.25, 0.3) is 0 Å². The summed E-state index contributed by atoms with van der Waals surface area (Å²) in [5, 5.41) is 3.61. The Morgan fingerprint density at radius 3 is 2.64 bits per heavy atom. The van der Waals surface area contributed by atoms with E-state index >= 15 is 0 Å². The van der Waals surface area contributed by atoms with Gasteiger partial charge in [0, 0.05) is 48.9 Å². The highest BCUT2D eigenvalue weighted by Gasteiger charge is 2.33. The molecule has 4 aliphatic rings. The third kappa shape index (κ3) is 5.56. The van der Waals surface area contributed by atoms with Crippen LogP contribution in [-0.2, 0) is 14.4 Å². The molecule has 0 aromatic heterocycles. The number of allylic oxidation sites excluding steroid dienone is 3. The van der Waals surface area contributed by atoms with Gasteiger partial charge in [-0.25, -0.2) is 0 Å². The third-order valence-electron chi connectivity index (χ3n) is 7.22. The average molecular weight is 527 g/mol. The molecule has 1 aliphatic carbocycles. The van der Waals surface area contributed by atoms with Gasteiger partial charge < -0.3 is 15.1 Å². The summed E-state index contributed by atoms with van der Waals surface area (Å²) in [6.07, 6.45) is 10.5. The largest absolute Gasteiger partial charge is 0.355 e.